The van der Waals surface area contributed by atoms with E-state index in [1.165, 1.54) is 17.8 Å². The van der Waals surface area contributed by atoms with Crippen molar-refractivity contribution in [3.05, 3.63) is 18.5 Å². The summed E-state index contributed by atoms with van der Waals surface area (Å²) in [6.07, 6.45) is 2.44. The summed E-state index contributed by atoms with van der Waals surface area (Å²) in [5.74, 6) is 0.143. The van der Waals surface area contributed by atoms with Gasteiger partial charge in [0.15, 0.2) is 0 Å². The Hall–Kier alpha value is -2.44. The van der Waals surface area contributed by atoms with Crippen LogP contribution in [0.3, 0.4) is 0 Å². The maximum atomic E-state index is 11.6. The standard InChI is InChI=1S/C13H16N4O3/c1-8(18)17-10-7-14-11(5-9(10)6-15-17)16-12(19)20-13(2,3)4/h5-7H,1-4H3,(H,14,16,19). The van der Waals surface area contributed by atoms with Crippen LogP contribution in [0.25, 0.3) is 10.9 Å². The lowest BCUT2D eigenvalue weighted by atomic mass is 10.2. The van der Waals surface area contributed by atoms with Crippen molar-refractivity contribution in [2.45, 2.75) is 33.3 Å². The molecule has 1 amide bonds. The molecule has 0 aromatic carbocycles. The second-order valence-electron chi connectivity index (χ2n) is 5.33. The number of aromatic nitrogens is 3. The van der Waals surface area contributed by atoms with Gasteiger partial charge in [0.05, 0.1) is 17.9 Å². The first-order valence-corrected chi connectivity index (χ1v) is 6.11. The molecule has 0 aliphatic heterocycles. The van der Waals surface area contributed by atoms with E-state index < -0.39 is 11.7 Å². The number of nitrogens with zero attached hydrogens (tertiary/aromatic N) is 3. The van der Waals surface area contributed by atoms with Crippen LogP contribution in [0.4, 0.5) is 10.6 Å². The lowest BCUT2D eigenvalue weighted by molar-refractivity contribution is 0.0635. The van der Waals surface area contributed by atoms with Crippen molar-refractivity contribution in [3.63, 3.8) is 0 Å². The number of amides is 1. The van der Waals surface area contributed by atoms with Crippen LogP contribution in [-0.2, 0) is 4.74 Å². The Morgan fingerprint density at radius 3 is 2.60 bits per heavy atom. The van der Waals surface area contributed by atoms with Crippen molar-refractivity contribution in [2.75, 3.05) is 5.32 Å². The lowest BCUT2D eigenvalue weighted by Gasteiger charge is -2.19. The largest absolute Gasteiger partial charge is 0.444 e. The Labute approximate surface area is 115 Å². The predicted octanol–water partition coefficient (Wildman–Crippen LogP) is 2.44. The van der Waals surface area contributed by atoms with Gasteiger partial charge in [0.25, 0.3) is 0 Å². The summed E-state index contributed by atoms with van der Waals surface area (Å²) in [4.78, 5) is 27.0. The summed E-state index contributed by atoms with van der Waals surface area (Å²) in [5.41, 5.74) is 0.0143. The van der Waals surface area contributed by atoms with Crippen molar-refractivity contribution in [1.29, 1.82) is 0 Å². The average Bonchev–Trinajstić information content (AvgIpc) is 2.68. The van der Waals surface area contributed by atoms with E-state index in [9.17, 15) is 9.59 Å². The second kappa shape index (κ2) is 4.92. The fourth-order valence-electron chi connectivity index (χ4n) is 1.65. The molecule has 0 radical (unpaired) electrons. The van der Waals surface area contributed by atoms with Crippen LogP contribution in [0.5, 0.6) is 0 Å². The normalized spacial score (nSPS) is 11.4. The average molecular weight is 276 g/mol. The van der Waals surface area contributed by atoms with Gasteiger partial charge in [0.1, 0.15) is 11.4 Å². The molecule has 2 aromatic heterocycles. The van der Waals surface area contributed by atoms with Gasteiger partial charge in [-0.25, -0.2) is 9.78 Å². The van der Waals surface area contributed by atoms with E-state index in [4.69, 9.17) is 4.74 Å². The molecular weight excluding hydrogens is 260 g/mol. The Balaban J connectivity index is 2.21. The number of hydrogen-bond acceptors (Lipinski definition) is 5. The first-order valence-electron chi connectivity index (χ1n) is 6.11. The van der Waals surface area contributed by atoms with E-state index in [1.807, 2.05) is 0 Å². The highest BCUT2D eigenvalue weighted by atomic mass is 16.6. The molecule has 0 fully saturated rings. The number of carbonyl (C=O) groups is 2. The zero-order valence-electron chi connectivity index (χ0n) is 11.8. The number of anilines is 1. The minimum Gasteiger partial charge on any atom is -0.444 e. The minimum absolute atomic E-state index is 0.199. The summed E-state index contributed by atoms with van der Waals surface area (Å²) >= 11 is 0. The third kappa shape index (κ3) is 3.11. The molecule has 106 valence electrons. The molecule has 7 nitrogen and oxygen atoms in total. The van der Waals surface area contributed by atoms with Gasteiger partial charge in [-0.3, -0.25) is 10.1 Å². The quantitative estimate of drug-likeness (QED) is 0.864. The van der Waals surface area contributed by atoms with Crippen molar-refractivity contribution < 1.29 is 14.3 Å². The zero-order valence-corrected chi connectivity index (χ0v) is 11.8. The fourth-order valence-corrected chi connectivity index (χ4v) is 1.65. The highest BCUT2D eigenvalue weighted by Gasteiger charge is 2.17. The van der Waals surface area contributed by atoms with Crippen LogP contribution in [0.1, 0.15) is 32.5 Å². The number of hydrogen-bond donors (Lipinski definition) is 1. The third-order valence-corrected chi connectivity index (χ3v) is 2.38. The molecule has 0 atom stereocenters. The van der Waals surface area contributed by atoms with Gasteiger partial charge < -0.3 is 4.74 Å². The maximum absolute atomic E-state index is 11.6. The zero-order chi connectivity index (χ0) is 14.9. The topological polar surface area (TPSA) is 86.1 Å². The van der Waals surface area contributed by atoms with Crippen LogP contribution in [0.15, 0.2) is 18.5 Å². The molecule has 2 aromatic rings. The van der Waals surface area contributed by atoms with Crippen LogP contribution in [0.2, 0.25) is 0 Å². The maximum Gasteiger partial charge on any atom is 0.413 e. The molecule has 0 saturated heterocycles. The van der Waals surface area contributed by atoms with Gasteiger partial charge in [-0.05, 0) is 26.8 Å². The smallest absolute Gasteiger partial charge is 0.413 e. The van der Waals surface area contributed by atoms with Gasteiger partial charge in [0.2, 0.25) is 5.91 Å². The first-order chi connectivity index (χ1) is 9.26. The van der Waals surface area contributed by atoms with Crippen LogP contribution in [0, 0.1) is 0 Å². The van der Waals surface area contributed by atoms with Crippen LogP contribution in [-0.4, -0.2) is 32.4 Å². The number of rotatable bonds is 1. The molecule has 7 heteroatoms. The summed E-state index contributed by atoms with van der Waals surface area (Å²) in [6, 6.07) is 1.63. The molecule has 2 rings (SSSR count). The van der Waals surface area contributed by atoms with Gasteiger partial charge in [-0.2, -0.15) is 9.78 Å². The van der Waals surface area contributed by atoms with E-state index in [0.717, 1.165) is 0 Å². The summed E-state index contributed by atoms with van der Waals surface area (Å²) in [6.45, 7) is 6.75. The van der Waals surface area contributed by atoms with Crippen LogP contribution < -0.4 is 5.32 Å². The van der Waals surface area contributed by atoms with E-state index in [1.54, 1.807) is 33.0 Å². The molecule has 0 spiro atoms. The highest BCUT2D eigenvalue weighted by Crippen LogP contribution is 2.17. The molecule has 20 heavy (non-hydrogen) atoms. The summed E-state index contributed by atoms with van der Waals surface area (Å²) in [5, 5.41) is 7.20. The van der Waals surface area contributed by atoms with Crippen molar-refractivity contribution >= 4 is 28.7 Å². The number of pyridine rings is 1. The molecule has 0 saturated carbocycles. The van der Waals surface area contributed by atoms with Gasteiger partial charge in [0, 0.05) is 12.3 Å². The first kappa shape index (κ1) is 14.0. The highest BCUT2D eigenvalue weighted by molar-refractivity contribution is 5.92. The van der Waals surface area contributed by atoms with Gasteiger partial charge in [-0.1, -0.05) is 0 Å². The number of fused-ring (bicyclic) bond motifs is 1. The van der Waals surface area contributed by atoms with Crippen molar-refractivity contribution in [2.24, 2.45) is 0 Å². The summed E-state index contributed by atoms with van der Waals surface area (Å²) in [7, 11) is 0. The number of nitrogens with one attached hydrogen (secondary N) is 1. The second-order valence-corrected chi connectivity index (χ2v) is 5.33. The molecule has 2 heterocycles. The Kier molecular flexibility index (Phi) is 3.44. The number of carbonyl (C=O) groups excluding carboxylic acids is 2. The monoisotopic (exact) mass is 276 g/mol. The third-order valence-electron chi connectivity index (χ3n) is 2.38. The van der Waals surface area contributed by atoms with E-state index >= 15 is 0 Å². The lowest BCUT2D eigenvalue weighted by Crippen LogP contribution is -2.27. The summed E-state index contributed by atoms with van der Waals surface area (Å²) < 4.78 is 6.38. The molecule has 0 unspecified atom stereocenters. The minimum atomic E-state index is -0.580. The van der Waals surface area contributed by atoms with Gasteiger partial charge in [-0.15, -0.1) is 0 Å². The van der Waals surface area contributed by atoms with E-state index in [-0.39, 0.29) is 5.91 Å². The molecular formula is C13H16N4O3. The van der Waals surface area contributed by atoms with E-state index in [2.05, 4.69) is 15.4 Å². The van der Waals surface area contributed by atoms with Crippen molar-refractivity contribution in [1.82, 2.24) is 14.8 Å². The van der Waals surface area contributed by atoms with Crippen molar-refractivity contribution in [3.8, 4) is 0 Å². The molecule has 1 N–H and O–H groups in total. The van der Waals surface area contributed by atoms with E-state index in [0.29, 0.717) is 16.7 Å². The predicted molar refractivity (Wildman–Crippen MR) is 73.7 cm³/mol. The fraction of sp³-hybridized carbons (Fsp3) is 0.385. The van der Waals surface area contributed by atoms with Crippen LogP contribution >= 0.6 is 0 Å². The molecule has 0 aliphatic carbocycles. The molecule has 0 bridgehead atoms. The Morgan fingerprint density at radius 1 is 1.30 bits per heavy atom. The molecule has 0 aliphatic rings. The van der Waals surface area contributed by atoms with Gasteiger partial charge >= 0.3 is 6.09 Å². The SMILES string of the molecule is CC(=O)n1ncc2cc(NC(=O)OC(C)(C)C)ncc21. The Morgan fingerprint density at radius 2 is 2.00 bits per heavy atom. The number of ether oxygens (including phenoxy) is 1. The Bertz CT molecular complexity index is 670.